The van der Waals surface area contributed by atoms with Crippen LogP contribution in [0.4, 0.5) is 10.1 Å². The Kier molecular flexibility index (Phi) is 7.33. The van der Waals surface area contributed by atoms with Crippen molar-refractivity contribution in [2.75, 3.05) is 5.32 Å². The Morgan fingerprint density at radius 3 is 2.16 bits per heavy atom. The molecule has 32 heavy (non-hydrogen) atoms. The van der Waals surface area contributed by atoms with Crippen molar-refractivity contribution < 1.29 is 18.7 Å². The highest BCUT2D eigenvalue weighted by Crippen LogP contribution is 2.19. The van der Waals surface area contributed by atoms with Crippen molar-refractivity contribution >= 4 is 23.2 Å². The quantitative estimate of drug-likeness (QED) is 0.341. The number of ether oxygens (including phenoxy) is 1. The lowest BCUT2D eigenvalue weighted by Gasteiger charge is -2.10. The lowest BCUT2D eigenvalue weighted by atomic mass is 10.1. The molecule has 3 aromatic carbocycles. The molecule has 0 atom stereocenters. The van der Waals surface area contributed by atoms with Crippen LogP contribution < -0.4 is 15.5 Å². The fraction of sp³-hybridized carbons (Fsp3) is 0.160. The van der Waals surface area contributed by atoms with Crippen molar-refractivity contribution in [2.45, 2.75) is 27.4 Å². The normalized spacial score (nSPS) is 11.1. The number of para-hydroxylation sites is 1. The molecule has 6 nitrogen and oxygen atoms in total. The Labute approximate surface area is 186 Å². The number of halogens is 1. The Balaban J connectivity index is 1.55. The minimum absolute atomic E-state index is 0.289. The average Bonchev–Trinajstić information content (AvgIpc) is 2.79. The molecule has 3 rings (SSSR count). The molecule has 164 valence electrons. The molecule has 0 aliphatic rings. The third-order valence-electron chi connectivity index (χ3n) is 4.84. The van der Waals surface area contributed by atoms with Gasteiger partial charge in [-0.15, -0.1) is 0 Å². The van der Waals surface area contributed by atoms with E-state index >= 15 is 0 Å². The van der Waals surface area contributed by atoms with Gasteiger partial charge in [-0.05, 0) is 79.4 Å². The molecule has 3 aromatic rings. The fourth-order valence-corrected chi connectivity index (χ4v) is 2.97. The smallest absolute Gasteiger partial charge is 0.329 e. The highest BCUT2D eigenvalue weighted by Gasteiger charge is 2.15. The molecule has 0 aliphatic carbocycles. The Hall–Kier alpha value is -4.00. The van der Waals surface area contributed by atoms with Gasteiger partial charge in [-0.2, -0.15) is 5.10 Å². The molecule has 0 fully saturated rings. The molecule has 7 heteroatoms. The van der Waals surface area contributed by atoms with Gasteiger partial charge in [0.25, 0.3) is 0 Å². The van der Waals surface area contributed by atoms with E-state index in [0.717, 1.165) is 22.3 Å². The number of amides is 2. The maximum absolute atomic E-state index is 13.0. The molecule has 0 aliphatic heterocycles. The number of benzene rings is 3. The molecular formula is C25H24FN3O3. The van der Waals surface area contributed by atoms with Crippen molar-refractivity contribution in [2.24, 2.45) is 5.10 Å². The van der Waals surface area contributed by atoms with E-state index in [9.17, 15) is 14.0 Å². The summed E-state index contributed by atoms with van der Waals surface area (Å²) in [4.78, 5) is 24.3. The van der Waals surface area contributed by atoms with Crippen LogP contribution in [-0.4, -0.2) is 17.5 Å². The third-order valence-corrected chi connectivity index (χ3v) is 4.84. The number of nitrogens with one attached hydrogen (secondary N) is 2. The first kappa shape index (κ1) is 22.7. The van der Waals surface area contributed by atoms with Gasteiger partial charge in [0.1, 0.15) is 18.2 Å². The minimum atomic E-state index is -0.855. The van der Waals surface area contributed by atoms with Gasteiger partial charge in [-0.25, -0.2) is 9.82 Å². The molecule has 0 heterocycles. The van der Waals surface area contributed by atoms with Crippen LogP contribution >= 0.6 is 0 Å². The minimum Gasteiger partial charge on any atom is -0.489 e. The third kappa shape index (κ3) is 6.01. The monoisotopic (exact) mass is 433 g/mol. The Morgan fingerprint density at radius 2 is 1.53 bits per heavy atom. The standard InChI is InChI=1S/C25H24FN3O3/c1-16-5-4-6-17(2)23(16)27-24(30)25(31)29-28-18(3)20-9-13-22(14-10-20)32-15-19-7-11-21(26)12-8-19/h4-14H,15H2,1-3H3,(H,27,30)(H,29,31)/b28-18+. The number of aryl methyl sites for hydroxylation is 2. The summed E-state index contributed by atoms with van der Waals surface area (Å²) in [6.07, 6.45) is 0. The summed E-state index contributed by atoms with van der Waals surface area (Å²) in [5, 5.41) is 6.64. The molecule has 0 spiro atoms. The first-order valence-corrected chi connectivity index (χ1v) is 10.0. The van der Waals surface area contributed by atoms with Gasteiger partial charge in [-0.1, -0.05) is 30.3 Å². The summed E-state index contributed by atoms with van der Waals surface area (Å²) < 4.78 is 18.6. The van der Waals surface area contributed by atoms with Gasteiger partial charge in [0.15, 0.2) is 0 Å². The van der Waals surface area contributed by atoms with Crippen LogP contribution in [0.25, 0.3) is 0 Å². The summed E-state index contributed by atoms with van der Waals surface area (Å²) in [5.74, 6) is -1.29. The second-order valence-corrected chi connectivity index (χ2v) is 7.30. The highest BCUT2D eigenvalue weighted by atomic mass is 19.1. The molecule has 0 saturated heterocycles. The van der Waals surface area contributed by atoms with Crippen LogP contribution in [0.2, 0.25) is 0 Å². The second kappa shape index (κ2) is 10.3. The zero-order valence-electron chi connectivity index (χ0n) is 18.1. The number of hydrazone groups is 1. The van der Waals surface area contributed by atoms with E-state index in [4.69, 9.17) is 4.74 Å². The van der Waals surface area contributed by atoms with Gasteiger partial charge in [0.2, 0.25) is 0 Å². The summed E-state index contributed by atoms with van der Waals surface area (Å²) >= 11 is 0. The second-order valence-electron chi connectivity index (χ2n) is 7.30. The summed E-state index contributed by atoms with van der Waals surface area (Å²) in [5.41, 5.74) is 6.78. The molecule has 0 saturated carbocycles. The van der Waals surface area contributed by atoms with Crippen LogP contribution in [0.1, 0.15) is 29.2 Å². The molecule has 2 amide bonds. The van der Waals surface area contributed by atoms with E-state index in [0.29, 0.717) is 23.8 Å². The fourth-order valence-electron chi connectivity index (χ4n) is 2.97. The maximum Gasteiger partial charge on any atom is 0.329 e. The number of hydrogen-bond acceptors (Lipinski definition) is 4. The lowest BCUT2D eigenvalue weighted by molar-refractivity contribution is -0.136. The topological polar surface area (TPSA) is 79.8 Å². The summed E-state index contributed by atoms with van der Waals surface area (Å²) in [6, 6.07) is 18.8. The van der Waals surface area contributed by atoms with Crippen molar-refractivity contribution in [3.8, 4) is 5.75 Å². The van der Waals surface area contributed by atoms with E-state index in [1.807, 2.05) is 32.0 Å². The van der Waals surface area contributed by atoms with Crippen molar-refractivity contribution in [3.05, 3.63) is 94.8 Å². The van der Waals surface area contributed by atoms with Gasteiger partial charge < -0.3 is 10.1 Å². The molecular weight excluding hydrogens is 409 g/mol. The van der Waals surface area contributed by atoms with Crippen LogP contribution in [-0.2, 0) is 16.2 Å². The molecule has 2 N–H and O–H groups in total. The number of carbonyl (C=O) groups is 2. The van der Waals surface area contributed by atoms with Crippen molar-refractivity contribution in [3.63, 3.8) is 0 Å². The first-order valence-electron chi connectivity index (χ1n) is 10.0. The summed E-state index contributed by atoms with van der Waals surface area (Å²) in [6.45, 7) is 5.75. The zero-order valence-corrected chi connectivity index (χ0v) is 18.1. The molecule has 0 unspecified atom stereocenters. The largest absolute Gasteiger partial charge is 0.489 e. The van der Waals surface area contributed by atoms with Crippen molar-refractivity contribution in [1.29, 1.82) is 0 Å². The SMILES string of the molecule is C/C(=N\NC(=O)C(=O)Nc1c(C)cccc1C)c1ccc(OCc2ccc(F)cc2)cc1. The maximum atomic E-state index is 13.0. The van der Waals surface area contributed by atoms with Gasteiger partial charge in [-0.3, -0.25) is 9.59 Å². The molecule has 0 radical (unpaired) electrons. The van der Waals surface area contributed by atoms with Gasteiger partial charge >= 0.3 is 11.8 Å². The van der Waals surface area contributed by atoms with E-state index < -0.39 is 11.8 Å². The Bertz CT molecular complexity index is 1120. The average molecular weight is 433 g/mol. The number of nitrogens with zero attached hydrogens (tertiary/aromatic N) is 1. The lowest BCUT2D eigenvalue weighted by Crippen LogP contribution is -2.33. The number of rotatable bonds is 6. The number of hydrogen-bond donors (Lipinski definition) is 2. The van der Waals surface area contributed by atoms with E-state index in [1.165, 1.54) is 12.1 Å². The number of carbonyl (C=O) groups excluding carboxylic acids is 2. The van der Waals surface area contributed by atoms with Gasteiger partial charge in [0, 0.05) is 5.69 Å². The van der Waals surface area contributed by atoms with Crippen LogP contribution in [0, 0.1) is 19.7 Å². The predicted octanol–water partition coefficient (Wildman–Crippen LogP) is 4.50. The van der Waals surface area contributed by atoms with Crippen LogP contribution in [0.15, 0.2) is 71.8 Å². The number of anilines is 1. The predicted molar refractivity (Wildman–Crippen MR) is 122 cm³/mol. The van der Waals surface area contributed by atoms with E-state index in [1.54, 1.807) is 43.3 Å². The highest BCUT2D eigenvalue weighted by molar-refractivity contribution is 6.39. The summed E-state index contributed by atoms with van der Waals surface area (Å²) in [7, 11) is 0. The molecule has 0 aromatic heterocycles. The Morgan fingerprint density at radius 1 is 0.906 bits per heavy atom. The van der Waals surface area contributed by atoms with E-state index in [2.05, 4.69) is 15.8 Å². The van der Waals surface area contributed by atoms with Crippen LogP contribution in [0.3, 0.4) is 0 Å². The van der Waals surface area contributed by atoms with Crippen LogP contribution in [0.5, 0.6) is 5.75 Å². The van der Waals surface area contributed by atoms with E-state index in [-0.39, 0.29) is 5.82 Å². The first-order chi connectivity index (χ1) is 15.3. The molecule has 0 bridgehead atoms. The zero-order chi connectivity index (χ0) is 23.1. The van der Waals surface area contributed by atoms with Crippen molar-refractivity contribution in [1.82, 2.24) is 5.43 Å². The van der Waals surface area contributed by atoms with Gasteiger partial charge in [0.05, 0.1) is 5.71 Å².